The second kappa shape index (κ2) is 7.68. The van der Waals surface area contributed by atoms with Crippen molar-refractivity contribution >= 4 is 17.9 Å². The molecule has 8 heteroatoms. The number of nitrogens with one attached hydrogen (secondary N) is 2. The maximum absolute atomic E-state index is 12.0. The molecule has 0 bridgehead atoms. The maximum atomic E-state index is 12.0. The molecule has 0 aromatic heterocycles. The highest BCUT2D eigenvalue weighted by Crippen LogP contribution is 2.10. The first kappa shape index (κ1) is 18.2. The average Bonchev–Trinajstić information content (AvgIpc) is 2.30. The second-order valence-electron chi connectivity index (χ2n) is 5.16. The molecular formula is C12H23N3O5. The summed E-state index contributed by atoms with van der Waals surface area (Å²) in [6.07, 6.45) is 0.147. The lowest BCUT2D eigenvalue weighted by atomic mass is 9.97. The molecule has 20 heavy (non-hydrogen) atoms. The van der Waals surface area contributed by atoms with E-state index in [0.717, 1.165) is 0 Å². The van der Waals surface area contributed by atoms with Gasteiger partial charge in [-0.1, -0.05) is 20.3 Å². The third kappa shape index (κ3) is 6.93. The molecule has 0 aliphatic carbocycles. The Hall–Kier alpha value is -1.83. The lowest BCUT2D eigenvalue weighted by Crippen LogP contribution is -2.54. The Bertz CT molecular complexity index is 370. The molecule has 0 aliphatic heterocycles. The van der Waals surface area contributed by atoms with Crippen molar-refractivity contribution in [1.29, 1.82) is 0 Å². The standard InChI is InChI=1S/C12H23N3O5/c1-4-7(2)9(15-11(13)19)10(18)14-6-12(3,20)5-8(16)17/h7,9,20H,4-6H2,1-3H3,(H,14,18)(H,16,17)(H3,13,15,19). The molecule has 0 saturated heterocycles. The summed E-state index contributed by atoms with van der Waals surface area (Å²) in [5.74, 6) is -1.83. The van der Waals surface area contributed by atoms with Crippen LogP contribution in [0.15, 0.2) is 0 Å². The number of urea groups is 1. The fraction of sp³-hybridized carbons (Fsp3) is 0.750. The number of hydrogen-bond acceptors (Lipinski definition) is 4. The summed E-state index contributed by atoms with van der Waals surface area (Å²) >= 11 is 0. The van der Waals surface area contributed by atoms with E-state index in [0.29, 0.717) is 6.42 Å². The van der Waals surface area contributed by atoms with Gasteiger partial charge in [0.2, 0.25) is 5.91 Å². The molecular weight excluding hydrogens is 266 g/mol. The minimum absolute atomic E-state index is 0.146. The number of carboxylic acid groups (broad SMARTS) is 1. The Labute approximate surface area is 117 Å². The van der Waals surface area contributed by atoms with E-state index in [1.54, 1.807) is 6.92 Å². The van der Waals surface area contributed by atoms with Crippen LogP contribution in [0.5, 0.6) is 0 Å². The Morgan fingerprint density at radius 3 is 2.30 bits per heavy atom. The zero-order valence-corrected chi connectivity index (χ0v) is 12.0. The number of rotatable bonds is 8. The van der Waals surface area contributed by atoms with Crippen LogP contribution in [0.3, 0.4) is 0 Å². The molecule has 0 aliphatic rings. The van der Waals surface area contributed by atoms with E-state index in [-0.39, 0.29) is 12.5 Å². The van der Waals surface area contributed by atoms with Crippen LogP contribution in [-0.4, -0.2) is 46.3 Å². The van der Waals surface area contributed by atoms with Crippen molar-refractivity contribution in [3.05, 3.63) is 0 Å². The van der Waals surface area contributed by atoms with Gasteiger partial charge in [0.15, 0.2) is 0 Å². The molecule has 3 amide bonds. The molecule has 0 rings (SSSR count). The second-order valence-corrected chi connectivity index (χ2v) is 5.16. The van der Waals surface area contributed by atoms with E-state index >= 15 is 0 Å². The van der Waals surface area contributed by atoms with Gasteiger partial charge < -0.3 is 26.6 Å². The number of carboxylic acids is 1. The quantitative estimate of drug-likeness (QED) is 0.406. The first-order valence-corrected chi connectivity index (χ1v) is 6.37. The van der Waals surface area contributed by atoms with Gasteiger partial charge in [0.1, 0.15) is 6.04 Å². The van der Waals surface area contributed by atoms with Crippen LogP contribution in [0.4, 0.5) is 4.79 Å². The van der Waals surface area contributed by atoms with Crippen molar-refractivity contribution in [2.24, 2.45) is 11.7 Å². The van der Waals surface area contributed by atoms with Crippen LogP contribution in [0, 0.1) is 5.92 Å². The maximum Gasteiger partial charge on any atom is 0.312 e. The summed E-state index contributed by atoms with van der Waals surface area (Å²) in [5.41, 5.74) is 3.45. The Balaban J connectivity index is 4.60. The minimum atomic E-state index is -1.56. The van der Waals surface area contributed by atoms with Crippen LogP contribution in [0.2, 0.25) is 0 Å². The van der Waals surface area contributed by atoms with Crippen molar-refractivity contribution in [3.63, 3.8) is 0 Å². The molecule has 8 nitrogen and oxygen atoms in total. The van der Waals surface area contributed by atoms with Gasteiger partial charge >= 0.3 is 12.0 Å². The van der Waals surface area contributed by atoms with Crippen LogP contribution in [0.25, 0.3) is 0 Å². The van der Waals surface area contributed by atoms with E-state index in [2.05, 4.69) is 10.6 Å². The largest absolute Gasteiger partial charge is 0.481 e. The van der Waals surface area contributed by atoms with Crippen LogP contribution >= 0.6 is 0 Å². The lowest BCUT2D eigenvalue weighted by molar-refractivity contribution is -0.142. The molecule has 0 heterocycles. The fourth-order valence-electron chi connectivity index (χ4n) is 1.63. The van der Waals surface area contributed by atoms with Gasteiger partial charge in [-0.15, -0.1) is 0 Å². The number of carbonyl (C=O) groups excluding carboxylic acids is 2. The van der Waals surface area contributed by atoms with Gasteiger partial charge in [-0.05, 0) is 12.8 Å². The molecule has 6 N–H and O–H groups in total. The van der Waals surface area contributed by atoms with Crippen LogP contribution < -0.4 is 16.4 Å². The molecule has 3 atom stereocenters. The molecule has 0 radical (unpaired) electrons. The normalized spacial score (nSPS) is 16.6. The van der Waals surface area contributed by atoms with Gasteiger partial charge in [0.25, 0.3) is 0 Å². The average molecular weight is 289 g/mol. The van der Waals surface area contributed by atoms with Crippen molar-refractivity contribution in [2.45, 2.75) is 45.3 Å². The molecule has 0 aromatic carbocycles. The van der Waals surface area contributed by atoms with Crippen LogP contribution in [0.1, 0.15) is 33.6 Å². The third-order valence-corrected chi connectivity index (χ3v) is 2.97. The highest BCUT2D eigenvalue weighted by molar-refractivity contribution is 5.86. The third-order valence-electron chi connectivity index (χ3n) is 2.97. The number of hydrogen-bond donors (Lipinski definition) is 5. The van der Waals surface area contributed by atoms with Gasteiger partial charge in [-0.2, -0.15) is 0 Å². The lowest BCUT2D eigenvalue weighted by Gasteiger charge is -2.26. The number of nitrogens with two attached hydrogens (primary N) is 1. The number of primary amides is 1. The zero-order valence-electron chi connectivity index (χ0n) is 12.0. The van der Waals surface area contributed by atoms with Gasteiger partial charge in [-0.25, -0.2) is 4.79 Å². The first-order chi connectivity index (χ1) is 9.09. The smallest absolute Gasteiger partial charge is 0.312 e. The summed E-state index contributed by atoms with van der Waals surface area (Å²) in [7, 11) is 0. The predicted octanol–water partition coefficient (Wildman–Crippen LogP) is -0.589. The molecule has 0 aromatic rings. The van der Waals surface area contributed by atoms with Crippen molar-refractivity contribution in [3.8, 4) is 0 Å². The van der Waals surface area contributed by atoms with E-state index in [9.17, 15) is 19.5 Å². The Morgan fingerprint density at radius 2 is 1.90 bits per heavy atom. The molecule has 0 saturated carbocycles. The number of aliphatic hydroxyl groups is 1. The highest BCUT2D eigenvalue weighted by Gasteiger charge is 2.29. The summed E-state index contributed by atoms with van der Waals surface area (Å²) in [6.45, 7) is 4.70. The summed E-state index contributed by atoms with van der Waals surface area (Å²) in [6, 6.07) is -1.64. The van der Waals surface area contributed by atoms with Gasteiger partial charge in [0.05, 0.1) is 12.0 Å². The van der Waals surface area contributed by atoms with Crippen molar-refractivity contribution in [2.75, 3.05) is 6.54 Å². The number of aliphatic carboxylic acids is 1. The SMILES string of the molecule is CCC(C)C(NC(N)=O)C(=O)NCC(C)(O)CC(=O)O. The zero-order chi connectivity index (χ0) is 15.9. The molecule has 116 valence electrons. The number of amides is 3. The Kier molecular flexibility index (Phi) is 6.98. The summed E-state index contributed by atoms with van der Waals surface area (Å²) in [4.78, 5) is 33.4. The van der Waals surface area contributed by atoms with Gasteiger partial charge in [-0.3, -0.25) is 9.59 Å². The monoisotopic (exact) mass is 289 g/mol. The summed E-state index contributed by atoms with van der Waals surface area (Å²) < 4.78 is 0. The molecule has 3 unspecified atom stereocenters. The fourth-order valence-corrected chi connectivity index (χ4v) is 1.63. The van der Waals surface area contributed by atoms with Gasteiger partial charge in [0, 0.05) is 6.54 Å². The topological polar surface area (TPSA) is 142 Å². The predicted molar refractivity (Wildman–Crippen MR) is 71.8 cm³/mol. The van der Waals surface area contributed by atoms with Crippen molar-refractivity contribution < 1.29 is 24.6 Å². The minimum Gasteiger partial charge on any atom is -0.481 e. The highest BCUT2D eigenvalue weighted by atomic mass is 16.4. The van der Waals surface area contributed by atoms with E-state index < -0.39 is 36.0 Å². The summed E-state index contributed by atoms with van der Waals surface area (Å²) in [5, 5.41) is 23.2. The first-order valence-electron chi connectivity index (χ1n) is 6.37. The molecule has 0 fully saturated rings. The number of carbonyl (C=O) groups is 3. The molecule has 0 spiro atoms. The van der Waals surface area contributed by atoms with E-state index in [1.807, 2.05) is 6.92 Å². The van der Waals surface area contributed by atoms with E-state index in [4.69, 9.17) is 10.8 Å². The van der Waals surface area contributed by atoms with Crippen LogP contribution in [-0.2, 0) is 9.59 Å². The Morgan fingerprint density at radius 1 is 1.35 bits per heavy atom. The van der Waals surface area contributed by atoms with E-state index in [1.165, 1.54) is 6.92 Å². The van der Waals surface area contributed by atoms with Crippen molar-refractivity contribution in [1.82, 2.24) is 10.6 Å².